The van der Waals surface area contributed by atoms with Gasteiger partial charge in [0.05, 0.1) is 5.92 Å². The van der Waals surface area contributed by atoms with Crippen molar-refractivity contribution in [3.05, 3.63) is 0 Å². The lowest BCUT2D eigenvalue weighted by Gasteiger charge is -2.46. The second-order valence-corrected chi connectivity index (χ2v) is 5.13. The van der Waals surface area contributed by atoms with E-state index in [-0.39, 0.29) is 5.92 Å². The van der Waals surface area contributed by atoms with Crippen LogP contribution in [0, 0.1) is 23.7 Å². The third-order valence-electron chi connectivity index (χ3n) is 4.26. The molecule has 0 saturated heterocycles. The predicted molar refractivity (Wildman–Crippen MR) is 55.0 cm³/mol. The second-order valence-electron chi connectivity index (χ2n) is 5.13. The van der Waals surface area contributed by atoms with Crippen LogP contribution in [0.4, 0.5) is 0 Å². The summed E-state index contributed by atoms with van der Waals surface area (Å²) >= 11 is 0. The lowest BCUT2D eigenvalue weighted by molar-refractivity contribution is -0.153. The average Bonchev–Trinajstić information content (AvgIpc) is 2.15. The maximum absolute atomic E-state index is 11.0. The highest BCUT2D eigenvalue weighted by Gasteiger charge is 2.46. The number of hydrogen-bond acceptors (Lipinski definition) is 1. The van der Waals surface area contributed by atoms with Gasteiger partial charge in [-0.25, -0.2) is 0 Å². The van der Waals surface area contributed by atoms with Crippen molar-refractivity contribution in [1.82, 2.24) is 0 Å². The molecule has 0 aromatic carbocycles. The Morgan fingerprint density at radius 2 is 1.86 bits per heavy atom. The number of hydrogen-bond donors (Lipinski definition) is 1. The molecule has 0 aliphatic heterocycles. The van der Waals surface area contributed by atoms with Crippen molar-refractivity contribution >= 4 is 5.97 Å². The normalized spacial score (nSPS) is 39.1. The Balaban J connectivity index is 1.96. The Morgan fingerprint density at radius 1 is 1.21 bits per heavy atom. The minimum absolute atomic E-state index is 0.0203. The average molecular weight is 196 g/mol. The summed E-state index contributed by atoms with van der Waals surface area (Å²) in [7, 11) is 0. The zero-order valence-electron chi connectivity index (χ0n) is 8.91. The minimum Gasteiger partial charge on any atom is -0.481 e. The van der Waals surface area contributed by atoms with Crippen LogP contribution in [0.5, 0.6) is 0 Å². The highest BCUT2D eigenvalue weighted by Crippen LogP contribution is 2.49. The largest absolute Gasteiger partial charge is 0.481 e. The molecule has 0 amide bonds. The molecule has 2 aliphatic rings. The van der Waals surface area contributed by atoms with Crippen LogP contribution in [0.25, 0.3) is 0 Å². The molecule has 0 heterocycles. The van der Waals surface area contributed by atoms with Gasteiger partial charge in [-0.05, 0) is 24.2 Å². The van der Waals surface area contributed by atoms with Gasteiger partial charge in [0.2, 0.25) is 0 Å². The third kappa shape index (κ3) is 1.67. The Labute approximate surface area is 85.7 Å². The molecule has 0 aromatic heterocycles. The lowest BCUT2D eigenvalue weighted by atomic mass is 9.58. The van der Waals surface area contributed by atoms with Crippen molar-refractivity contribution < 1.29 is 9.90 Å². The maximum atomic E-state index is 11.0. The van der Waals surface area contributed by atoms with Crippen LogP contribution in [0.3, 0.4) is 0 Å². The summed E-state index contributed by atoms with van der Waals surface area (Å²) in [5.74, 6) is 1.28. The predicted octanol–water partition coefficient (Wildman–Crippen LogP) is 2.92. The van der Waals surface area contributed by atoms with E-state index in [0.717, 1.165) is 6.42 Å². The molecular weight excluding hydrogens is 176 g/mol. The van der Waals surface area contributed by atoms with Crippen molar-refractivity contribution in [2.45, 2.75) is 45.4 Å². The van der Waals surface area contributed by atoms with Crippen LogP contribution in [0.1, 0.15) is 45.4 Å². The first kappa shape index (κ1) is 10.0. The first-order chi connectivity index (χ1) is 6.70. The summed E-state index contributed by atoms with van der Waals surface area (Å²) < 4.78 is 0. The van der Waals surface area contributed by atoms with Gasteiger partial charge in [0, 0.05) is 0 Å². The molecule has 0 bridgehead atoms. The second kappa shape index (κ2) is 3.92. The molecule has 3 unspecified atom stereocenters. The first-order valence-electron chi connectivity index (χ1n) is 5.93. The number of carboxylic acids is 1. The van der Waals surface area contributed by atoms with Gasteiger partial charge in [-0.3, -0.25) is 4.79 Å². The molecule has 2 saturated carbocycles. The molecule has 2 aliphatic carbocycles. The fourth-order valence-electron chi connectivity index (χ4n) is 3.49. The van der Waals surface area contributed by atoms with E-state index in [1.54, 1.807) is 0 Å². The monoisotopic (exact) mass is 196 g/mol. The van der Waals surface area contributed by atoms with Gasteiger partial charge in [0.1, 0.15) is 0 Å². The van der Waals surface area contributed by atoms with Crippen LogP contribution >= 0.6 is 0 Å². The summed E-state index contributed by atoms with van der Waals surface area (Å²) in [6.07, 6.45) is 7.46. The highest BCUT2D eigenvalue weighted by atomic mass is 16.4. The van der Waals surface area contributed by atoms with Crippen molar-refractivity contribution in [3.8, 4) is 0 Å². The van der Waals surface area contributed by atoms with Crippen LogP contribution in [-0.2, 0) is 4.79 Å². The maximum Gasteiger partial charge on any atom is 0.306 e. The molecule has 0 aromatic rings. The van der Waals surface area contributed by atoms with Crippen LogP contribution < -0.4 is 0 Å². The van der Waals surface area contributed by atoms with Crippen molar-refractivity contribution in [2.75, 3.05) is 0 Å². The van der Waals surface area contributed by atoms with Crippen LogP contribution in [0.15, 0.2) is 0 Å². The van der Waals surface area contributed by atoms with E-state index < -0.39 is 5.97 Å². The molecule has 0 radical (unpaired) electrons. The molecule has 0 spiro atoms. The van der Waals surface area contributed by atoms with E-state index in [2.05, 4.69) is 6.92 Å². The van der Waals surface area contributed by atoms with E-state index in [9.17, 15) is 4.79 Å². The van der Waals surface area contributed by atoms with E-state index in [4.69, 9.17) is 5.11 Å². The molecule has 2 rings (SSSR count). The standard InChI is InChI=1S/C12H20O2/c1-8-7-10(12(13)14)11(8)9-5-3-2-4-6-9/h8-11H,2-7H2,1H3,(H,13,14). The summed E-state index contributed by atoms with van der Waals surface area (Å²) in [5, 5.41) is 9.05. The molecule has 2 heteroatoms. The van der Waals surface area contributed by atoms with Crippen molar-refractivity contribution in [2.24, 2.45) is 23.7 Å². The number of carboxylic acid groups (broad SMARTS) is 1. The molecule has 2 fully saturated rings. The van der Waals surface area contributed by atoms with E-state index >= 15 is 0 Å². The Kier molecular flexibility index (Phi) is 2.80. The van der Waals surface area contributed by atoms with Gasteiger partial charge >= 0.3 is 5.97 Å². The third-order valence-corrected chi connectivity index (χ3v) is 4.26. The quantitative estimate of drug-likeness (QED) is 0.737. The van der Waals surface area contributed by atoms with Gasteiger partial charge in [-0.2, -0.15) is 0 Å². The molecule has 2 nitrogen and oxygen atoms in total. The Hall–Kier alpha value is -0.530. The molecule has 80 valence electrons. The fourth-order valence-corrected chi connectivity index (χ4v) is 3.49. The van der Waals surface area contributed by atoms with Gasteiger partial charge in [0.25, 0.3) is 0 Å². The van der Waals surface area contributed by atoms with Crippen LogP contribution in [0.2, 0.25) is 0 Å². The smallest absolute Gasteiger partial charge is 0.306 e. The van der Waals surface area contributed by atoms with Gasteiger partial charge in [-0.15, -0.1) is 0 Å². The van der Waals surface area contributed by atoms with Gasteiger partial charge in [-0.1, -0.05) is 39.0 Å². The Bertz CT molecular complexity index is 218. The number of aliphatic carboxylic acids is 1. The number of rotatable bonds is 2. The van der Waals surface area contributed by atoms with E-state index in [1.807, 2.05) is 0 Å². The minimum atomic E-state index is -0.557. The van der Waals surface area contributed by atoms with Gasteiger partial charge in [0.15, 0.2) is 0 Å². The summed E-state index contributed by atoms with van der Waals surface area (Å²) in [5.41, 5.74) is 0. The first-order valence-corrected chi connectivity index (χ1v) is 5.93. The topological polar surface area (TPSA) is 37.3 Å². The van der Waals surface area contributed by atoms with Crippen molar-refractivity contribution in [3.63, 3.8) is 0 Å². The zero-order valence-corrected chi connectivity index (χ0v) is 8.91. The molecular formula is C12H20O2. The molecule has 1 N–H and O–H groups in total. The molecule has 3 atom stereocenters. The van der Waals surface area contributed by atoms with E-state index in [1.165, 1.54) is 32.1 Å². The van der Waals surface area contributed by atoms with E-state index in [0.29, 0.717) is 17.8 Å². The number of carbonyl (C=O) groups is 1. The highest BCUT2D eigenvalue weighted by molar-refractivity contribution is 5.71. The summed E-state index contributed by atoms with van der Waals surface area (Å²) in [6, 6.07) is 0. The van der Waals surface area contributed by atoms with Gasteiger partial charge < -0.3 is 5.11 Å². The lowest BCUT2D eigenvalue weighted by Crippen LogP contribution is -2.44. The molecule has 14 heavy (non-hydrogen) atoms. The Morgan fingerprint density at radius 3 is 2.36 bits per heavy atom. The summed E-state index contributed by atoms with van der Waals surface area (Å²) in [4.78, 5) is 11.0. The fraction of sp³-hybridized carbons (Fsp3) is 0.917. The summed E-state index contributed by atoms with van der Waals surface area (Å²) in [6.45, 7) is 2.22. The SMILES string of the molecule is CC1CC(C(=O)O)C1C1CCCCC1. The van der Waals surface area contributed by atoms with Crippen LogP contribution in [-0.4, -0.2) is 11.1 Å². The van der Waals surface area contributed by atoms with Crippen molar-refractivity contribution in [1.29, 1.82) is 0 Å². The zero-order chi connectivity index (χ0) is 10.1.